The Morgan fingerprint density at radius 1 is 1.21 bits per heavy atom. The molecule has 2 heterocycles. The number of aromatic nitrogens is 3. The highest BCUT2D eigenvalue weighted by Gasteiger charge is 2.35. The Balaban J connectivity index is 1.92. The van der Waals surface area contributed by atoms with Crippen molar-refractivity contribution in [1.82, 2.24) is 14.8 Å². The molecule has 4 nitrogen and oxygen atoms in total. The van der Waals surface area contributed by atoms with Crippen LogP contribution in [-0.4, -0.2) is 20.7 Å². The largest absolute Gasteiger partial charge is 0.333 e. The topological polar surface area (TPSA) is 54.5 Å². The summed E-state index contributed by atoms with van der Waals surface area (Å²) in [6, 6.07) is 6.52. The number of nitriles is 1. The summed E-state index contributed by atoms with van der Waals surface area (Å²) < 4.78 is 52.4. The van der Waals surface area contributed by atoms with Gasteiger partial charge in [0, 0.05) is 19.0 Å². The van der Waals surface area contributed by atoms with Gasteiger partial charge in [0.05, 0.1) is 5.69 Å². The lowest BCUT2D eigenvalue weighted by atomic mass is 9.82. The van der Waals surface area contributed by atoms with Gasteiger partial charge in [-0.05, 0) is 42.5 Å². The number of hydrogen-bond donors (Lipinski definition) is 0. The average Bonchev–Trinajstić information content (AvgIpc) is 3.04. The maximum atomic E-state index is 13.3. The maximum absolute atomic E-state index is 13.3. The molecule has 2 aromatic heterocycles. The van der Waals surface area contributed by atoms with Crippen molar-refractivity contribution in [2.24, 2.45) is 0 Å². The zero-order chi connectivity index (χ0) is 17.3. The number of halogens is 4. The molecule has 0 aliphatic heterocycles. The highest BCUT2D eigenvalue weighted by atomic mass is 19.3. The van der Waals surface area contributed by atoms with Crippen molar-refractivity contribution >= 4 is 0 Å². The second-order valence-corrected chi connectivity index (χ2v) is 5.87. The van der Waals surface area contributed by atoms with Gasteiger partial charge in [0.2, 0.25) is 5.92 Å². The van der Waals surface area contributed by atoms with E-state index in [4.69, 9.17) is 5.26 Å². The Morgan fingerprint density at radius 2 is 1.92 bits per heavy atom. The van der Waals surface area contributed by atoms with Gasteiger partial charge in [-0.2, -0.15) is 19.1 Å². The van der Waals surface area contributed by atoms with E-state index in [1.165, 1.54) is 6.07 Å². The van der Waals surface area contributed by atoms with Gasteiger partial charge < -0.3 is 0 Å². The van der Waals surface area contributed by atoms with Crippen LogP contribution in [0.25, 0.3) is 11.4 Å². The lowest BCUT2D eigenvalue weighted by Crippen LogP contribution is -2.23. The van der Waals surface area contributed by atoms with Crippen LogP contribution < -0.4 is 0 Å². The summed E-state index contributed by atoms with van der Waals surface area (Å²) in [6.07, 6.45) is 1.36. The van der Waals surface area contributed by atoms with Gasteiger partial charge in [0.25, 0.3) is 0 Å². The third kappa shape index (κ3) is 3.40. The fourth-order valence-electron chi connectivity index (χ4n) is 2.93. The summed E-state index contributed by atoms with van der Waals surface area (Å²) in [4.78, 5) is 4.09. The summed E-state index contributed by atoms with van der Waals surface area (Å²) in [5.74, 6) is -2.74. The van der Waals surface area contributed by atoms with Gasteiger partial charge in [-0.1, -0.05) is 0 Å². The molecular weight excluding hydrogens is 324 g/mol. The summed E-state index contributed by atoms with van der Waals surface area (Å²) >= 11 is 0. The quantitative estimate of drug-likeness (QED) is 0.774. The second-order valence-electron chi connectivity index (χ2n) is 5.87. The average molecular weight is 338 g/mol. The van der Waals surface area contributed by atoms with E-state index in [1.807, 2.05) is 6.07 Å². The molecule has 0 saturated heterocycles. The molecule has 0 atom stereocenters. The summed E-state index contributed by atoms with van der Waals surface area (Å²) in [7, 11) is 0. The van der Waals surface area contributed by atoms with Gasteiger partial charge >= 0.3 is 6.55 Å². The van der Waals surface area contributed by atoms with E-state index in [0.717, 1.165) is 11.8 Å². The second kappa shape index (κ2) is 6.23. The number of hydrogen-bond acceptors (Lipinski definition) is 3. The predicted molar refractivity (Wildman–Crippen MR) is 77.6 cm³/mol. The fraction of sp³-hybridized carbons (Fsp3) is 0.438. The van der Waals surface area contributed by atoms with E-state index >= 15 is 0 Å². The van der Waals surface area contributed by atoms with E-state index in [0.29, 0.717) is 23.2 Å². The van der Waals surface area contributed by atoms with Crippen LogP contribution in [0.5, 0.6) is 0 Å². The highest BCUT2D eigenvalue weighted by Crippen LogP contribution is 2.41. The Bertz CT molecular complexity index is 769. The SMILES string of the molecule is N#Cc1cc(C2CCC(F)(F)CC2)cc(-c2ccn(C(F)F)n2)n1. The molecule has 126 valence electrons. The Morgan fingerprint density at radius 3 is 2.50 bits per heavy atom. The van der Waals surface area contributed by atoms with Gasteiger partial charge in [-0.15, -0.1) is 0 Å². The smallest absolute Gasteiger partial charge is 0.235 e. The predicted octanol–water partition coefficient (Wildman–Crippen LogP) is 4.50. The third-order valence-electron chi connectivity index (χ3n) is 4.22. The van der Waals surface area contributed by atoms with Crippen LogP contribution in [0.3, 0.4) is 0 Å². The van der Waals surface area contributed by atoms with Crippen molar-refractivity contribution in [3.05, 3.63) is 35.7 Å². The third-order valence-corrected chi connectivity index (χ3v) is 4.22. The molecule has 0 bridgehead atoms. The van der Waals surface area contributed by atoms with E-state index < -0.39 is 12.5 Å². The first-order valence-corrected chi connectivity index (χ1v) is 7.51. The molecule has 1 aliphatic rings. The zero-order valence-electron chi connectivity index (χ0n) is 12.6. The van der Waals surface area contributed by atoms with Gasteiger partial charge in [0.1, 0.15) is 17.5 Å². The van der Waals surface area contributed by atoms with Gasteiger partial charge in [-0.25, -0.2) is 18.4 Å². The van der Waals surface area contributed by atoms with Crippen LogP contribution in [-0.2, 0) is 0 Å². The first-order chi connectivity index (χ1) is 11.4. The van der Waals surface area contributed by atoms with Crippen LogP contribution in [0.1, 0.15) is 49.4 Å². The van der Waals surface area contributed by atoms with E-state index in [1.54, 1.807) is 12.1 Å². The minimum atomic E-state index is -2.77. The van der Waals surface area contributed by atoms with Gasteiger partial charge in [-0.3, -0.25) is 0 Å². The molecule has 1 saturated carbocycles. The number of pyridine rings is 1. The molecule has 0 radical (unpaired) electrons. The van der Waals surface area contributed by atoms with Crippen molar-refractivity contribution in [2.75, 3.05) is 0 Å². The van der Waals surface area contributed by atoms with Crippen molar-refractivity contribution in [3.8, 4) is 17.5 Å². The Labute approximate surface area is 135 Å². The molecule has 0 spiro atoms. The zero-order valence-corrected chi connectivity index (χ0v) is 12.6. The minimum Gasteiger partial charge on any atom is -0.235 e. The molecule has 24 heavy (non-hydrogen) atoms. The molecule has 8 heteroatoms. The summed E-state index contributed by atoms with van der Waals surface area (Å²) in [5, 5.41) is 12.9. The molecule has 1 aliphatic carbocycles. The van der Waals surface area contributed by atoms with Crippen molar-refractivity contribution in [3.63, 3.8) is 0 Å². The minimum absolute atomic E-state index is 0.101. The standard InChI is InChI=1S/C16H14F4N4/c17-15(18)24-6-3-13(23-24)14-8-11(7-12(9-21)22-14)10-1-4-16(19,20)5-2-10/h3,6-8,10,15H,1-2,4-5H2. The number of nitrogens with zero attached hydrogens (tertiary/aromatic N) is 4. The Hall–Kier alpha value is -2.43. The summed E-state index contributed by atoms with van der Waals surface area (Å²) in [5.41, 5.74) is 1.35. The molecular formula is C16H14F4N4. The molecule has 0 aromatic carbocycles. The van der Waals surface area contributed by atoms with Crippen molar-refractivity contribution < 1.29 is 17.6 Å². The lowest BCUT2D eigenvalue weighted by Gasteiger charge is -2.28. The van der Waals surface area contributed by atoms with Crippen molar-refractivity contribution in [2.45, 2.75) is 44.1 Å². The molecule has 1 fully saturated rings. The van der Waals surface area contributed by atoms with Crippen LogP contribution in [0.4, 0.5) is 17.6 Å². The van der Waals surface area contributed by atoms with E-state index in [2.05, 4.69) is 10.1 Å². The highest BCUT2D eigenvalue weighted by molar-refractivity contribution is 5.56. The fourth-order valence-corrected chi connectivity index (χ4v) is 2.93. The van der Waals surface area contributed by atoms with E-state index in [9.17, 15) is 17.6 Å². The molecule has 2 aromatic rings. The molecule has 3 rings (SSSR count). The number of alkyl halides is 4. The normalized spacial score (nSPS) is 17.8. The van der Waals surface area contributed by atoms with Crippen LogP contribution >= 0.6 is 0 Å². The van der Waals surface area contributed by atoms with Gasteiger partial charge in [0.15, 0.2) is 0 Å². The molecule has 0 amide bonds. The molecule has 0 N–H and O–H groups in total. The van der Waals surface area contributed by atoms with Crippen LogP contribution in [0.15, 0.2) is 24.4 Å². The van der Waals surface area contributed by atoms with Crippen LogP contribution in [0.2, 0.25) is 0 Å². The first-order valence-electron chi connectivity index (χ1n) is 7.51. The lowest BCUT2D eigenvalue weighted by molar-refractivity contribution is -0.0382. The summed E-state index contributed by atoms with van der Waals surface area (Å²) in [6.45, 7) is -2.77. The first kappa shape index (κ1) is 16.4. The van der Waals surface area contributed by atoms with E-state index in [-0.39, 0.29) is 30.1 Å². The van der Waals surface area contributed by atoms with Crippen LogP contribution in [0, 0.1) is 11.3 Å². The number of rotatable bonds is 3. The van der Waals surface area contributed by atoms with Crippen molar-refractivity contribution in [1.29, 1.82) is 5.26 Å². The molecule has 0 unspecified atom stereocenters. The maximum Gasteiger partial charge on any atom is 0.333 e. The Kier molecular flexibility index (Phi) is 4.26. The monoisotopic (exact) mass is 338 g/mol.